The van der Waals surface area contributed by atoms with E-state index in [0.29, 0.717) is 11.7 Å². The molecular weight excluding hydrogens is 224 g/mol. The molecule has 0 aromatic heterocycles. The van der Waals surface area contributed by atoms with Gasteiger partial charge in [0, 0.05) is 6.04 Å². The first-order valence-electron chi connectivity index (χ1n) is 6.36. The number of hydrogen-bond donors (Lipinski definition) is 2. The maximum atomic E-state index is 11.8. The van der Waals surface area contributed by atoms with Gasteiger partial charge in [0.15, 0.2) is 0 Å². The first kappa shape index (κ1) is 12.3. The van der Waals surface area contributed by atoms with Crippen LogP contribution in [0.2, 0.25) is 0 Å². The van der Waals surface area contributed by atoms with Gasteiger partial charge in [0.2, 0.25) is 10.0 Å². The molecule has 1 saturated carbocycles. The van der Waals surface area contributed by atoms with Crippen molar-refractivity contribution in [2.24, 2.45) is 5.92 Å². The Balaban J connectivity index is 1.72. The number of hydrogen-bond acceptors (Lipinski definition) is 3. The van der Waals surface area contributed by atoms with E-state index in [0.717, 1.165) is 32.4 Å². The molecule has 0 bridgehead atoms. The highest BCUT2D eigenvalue weighted by atomic mass is 32.2. The summed E-state index contributed by atoms with van der Waals surface area (Å²) in [4.78, 5) is 0. The van der Waals surface area contributed by atoms with Crippen molar-refractivity contribution in [2.45, 2.75) is 44.6 Å². The lowest BCUT2D eigenvalue weighted by Crippen LogP contribution is -2.43. The summed E-state index contributed by atoms with van der Waals surface area (Å²) in [6, 6.07) is 0.160. The molecular formula is C11H22N2O2S. The van der Waals surface area contributed by atoms with Crippen molar-refractivity contribution < 1.29 is 8.42 Å². The summed E-state index contributed by atoms with van der Waals surface area (Å²) in [6.45, 7) is 1.85. The smallest absolute Gasteiger partial charge is 0.211 e. The van der Waals surface area contributed by atoms with Crippen LogP contribution in [0.1, 0.15) is 38.5 Å². The van der Waals surface area contributed by atoms with Crippen LogP contribution in [0.3, 0.4) is 0 Å². The van der Waals surface area contributed by atoms with Crippen LogP contribution in [0.5, 0.6) is 0 Å². The summed E-state index contributed by atoms with van der Waals surface area (Å²) in [5.74, 6) is 0.992. The second-order valence-electron chi connectivity index (χ2n) is 5.05. The molecule has 94 valence electrons. The first-order chi connectivity index (χ1) is 7.66. The molecule has 0 radical (unpaired) electrons. The van der Waals surface area contributed by atoms with Crippen LogP contribution < -0.4 is 10.0 Å². The third-order valence-electron chi connectivity index (χ3n) is 3.70. The summed E-state index contributed by atoms with van der Waals surface area (Å²) >= 11 is 0. The van der Waals surface area contributed by atoms with Crippen LogP contribution >= 0.6 is 0 Å². The van der Waals surface area contributed by atoms with E-state index in [4.69, 9.17) is 0 Å². The normalized spacial score (nSPS) is 24.2. The van der Waals surface area contributed by atoms with E-state index in [-0.39, 0.29) is 6.04 Å². The van der Waals surface area contributed by atoms with Gasteiger partial charge in [-0.05, 0) is 38.3 Å². The van der Waals surface area contributed by atoms with Crippen molar-refractivity contribution >= 4 is 10.0 Å². The van der Waals surface area contributed by atoms with E-state index < -0.39 is 10.0 Å². The number of piperidine rings is 1. The Morgan fingerprint density at radius 3 is 2.38 bits per heavy atom. The van der Waals surface area contributed by atoms with Gasteiger partial charge in [-0.3, -0.25) is 0 Å². The molecule has 2 fully saturated rings. The standard InChI is InChI=1S/C11H22N2O2S/c14-16(15,9-6-10-2-1-3-10)13-11-4-7-12-8-5-11/h10-13H,1-9H2. The third kappa shape index (κ3) is 3.71. The molecule has 1 aliphatic heterocycles. The lowest BCUT2D eigenvalue weighted by molar-refractivity contribution is 0.307. The summed E-state index contributed by atoms with van der Waals surface area (Å²) in [5, 5.41) is 3.23. The molecule has 2 N–H and O–H groups in total. The molecule has 1 saturated heterocycles. The highest BCUT2D eigenvalue weighted by molar-refractivity contribution is 7.89. The highest BCUT2D eigenvalue weighted by Crippen LogP contribution is 2.29. The van der Waals surface area contributed by atoms with E-state index in [1.54, 1.807) is 0 Å². The molecule has 2 rings (SSSR count). The Hall–Kier alpha value is -0.130. The Morgan fingerprint density at radius 2 is 1.81 bits per heavy atom. The Morgan fingerprint density at radius 1 is 1.12 bits per heavy atom. The first-order valence-corrected chi connectivity index (χ1v) is 8.02. The van der Waals surface area contributed by atoms with Gasteiger partial charge in [-0.25, -0.2) is 13.1 Å². The molecule has 0 spiro atoms. The number of nitrogens with one attached hydrogen (secondary N) is 2. The average molecular weight is 246 g/mol. The van der Waals surface area contributed by atoms with E-state index in [1.165, 1.54) is 19.3 Å². The van der Waals surface area contributed by atoms with Crippen LogP contribution in [0.4, 0.5) is 0 Å². The quantitative estimate of drug-likeness (QED) is 0.756. The molecule has 5 heteroatoms. The second-order valence-corrected chi connectivity index (χ2v) is 6.92. The highest BCUT2D eigenvalue weighted by Gasteiger charge is 2.23. The van der Waals surface area contributed by atoms with Crippen LogP contribution in [0.15, 0.2) is 0 Å². The minimum atomic E-state index is -3.03. The summed E-state index contributed by atoms with van der Waals surface area (Å²) in [5.41, 5.74) is 0. The number of rotatable bonds is 5. The zero-order chi connectivity index (χ0) is 11.4. The van der Waals surface area contributed by atoms with E-state index >= 15 is 0 Å². The average Bonchev–Trinajstić information content (AvgIpc) is 2.15. The maximum absolute atomic E-state index is 11.8. The topological polar surface area (TPSA) is 58.2 Å². The van der Waals surface area contributed by atoms with Gasteiger partial charge in [0.25, 0.3) is 0 Å². The Labute approximate surface area is 98.2 Å². The van der Waals surface area contributed by atoms with Gasteiger partial charge >= 0.3 is 0 Å². The largest absolute Gasteiger partial charge is 0.317 e. The van der Waals surface area contributed by atoms with Gasteiger partial charge in [0.1, 0.15) is 0 Å². The predicted molar refractivity (Wildman–Crippen MR) is 64.8 cm³/mol. The minimum absolute atomic E-state index is 0.160. The zero-order valence-corrected chi connectivity index (χ0v) is 10.6. The fraction of sp³-hybridized carbons (Fsp3) is 1.00. The Bertz CT molecular complexity index is 306. The van der Waals surface area contributed by atoms with Crippen LogP contribution in [0, 0.1) is 5.92 Å². The molecule has 1 heterocycles. The van der Waals surface area contributed by atoms with Gasteiger partial charge in [-0.15, -0.1) is 0 Å². The van der Waals surface area contributed by atoms with Crippen molar-refractivity contribution in [1.82, 2.24) is 10.0 Å². The van der Waals surface area contributed by atoms with Crippen molar-refractivity contribution in [1.29, 1.82) is 0 Å². The van der Waals surface area contributed by atoms with Crippen molar-refractivity contribution in [2.75, 3.05) is 18.8 Å². The van der Waals surface area contributed by atoms with Crippen LogP contribution in [-0.4, -0.2) is 33.3 Å². The van der Waals surface area contributed by atoms with E-state index in [9.17, 15) is 8.42 Å². The fourth-order valence-electron chi connectivity index (χ4n) is 2.36. The van der Waals surface area contributed by atoms with Gasteiger partial charge < -0.3 is 5.32 Å². The lowest BCUT2D eigenvalue weighted by Gasteiger charge is -2.26. The van der Waals surface area contributed by atoms with Crippen LogP contribution in [-0.2, 0) is 10.0 Å². The zero-order valence-electron chi connectivity index (χ0n) is 9.74. The van der Waals surface area contributed by atoms with Gasteiger partial charge in [0.05, 0.1) is 5.75 Å². The predicted octanol–water partition coefficient (Wildman–Crippen LogP) is 0.848. The number of sulfonamides is 1. The lowest BCUT2D eigenvalue weighted by atomic mass is 9.84. The third-order valence-corrected chi connectivity index (χ3v) is 5.17. The molecule has 16 heavy (non-hydrogen) atoms. The molecule has 0 aromatic carbocycles. The summed E-state index contributed by atoms with van der Waals surface area (Å²) < 4.78 is 26.5. The van der Waals surface area contributed by atoms with E-state index in [1.807, 2.05) is 0 Å². The molecule has 4 nitrogen and oxygen atoms in total. The fourth-order valence-corrected chi connectivity index (χ4v) is 3.86. The molecule has 1 aliphatic carbocycles. The monoisotopic (exact) mass is 246 g/mol. The van der Waals surface area contributed by atoms with Gasteiger partial charge in [-0.2, -0.15) is 0 Å². The van der Waals surface area contributed by atoms with Crippen LogP contribution in [0.25, 0.3) is 0 Å². The van der Waals surface area contributed by atoms with Crippen molar-refractivity contribution in [3.8, 4) is 0 Å². The maximum Gasteiger partial charge on any atom is 0.211 e. The van der Waals surface area contributed by atoms with Crippen molar-refractivity contribution in [3.63, 3.8) is 0 Å². The van der Waals surface area contributed by atoms with Gasteiger partial charge in [-0.1, -0.05) is 19.3 Å². The second kappa shape index (κ2) is 5.47. The SMILES string of the molecule is O=S(=O)(CCC1CCC1)NC1CCNCC1. The Kier molecular flexibility index (Phi) is 4.21. The summed E-state index contributed by atoms with van der Waals surface area (Å²) in [7, 11) is -3.03. The van der Waals surface area contributed by atoms with E-state index in [2.05, 4.69) is 10.0 Å². The molecule has 0 atom stereocenters. The molecule has 0 aromatic rings. The summed E-state index contributed by atoms with van der Waals surface area (Å²) in [6.07, 6.45) is 6.42. The minimum Gasteiger partial charge on any atom is -0.317 e. The van der Waals surface area contributed by atoms with Crippen molar-refractivity contribution in [3.05, 3.63) is 0 Å². The molecule has 0 amide bonds. The molecule has 2 aliphatic rings. The molecule has 0 unspecified atom stereocenters.